The van der Waals surface area contributed by atoms with Crippen molar-refractivity contribution in [3.05, 3.63) is 17.5 Å². The quantitative estimate of drug-likeness (QED) is 0.757. The minimum Gasteiger partial charge on any atom is -0.335 e. The van der Waals surface area contributed by atoms with Crippen LogP contribution in [0.3, 0.4) is 0 Å². The van der Waals surface area contributed by atoms with E-state index >= 15 is 0 Å². The fourth-order valence-electron chi connectivity index (χ4n) is 1.87. The Hall–Kier alpha value is -0.840. The van der Waals surface area contributed by atoms with Crippen molar-refractivity contribution in [1.29, 1.82) is 0 Å². The van der Waals surface area contributed by atoms with Gasteiger partial charge in [-0.3, -0.25) is 9.48 Å². The van der Waals surface area contributed by atoms with Crippen molar-refractivity contribution in [1.82, 2.24) is 14.7 Å². The van der Waals surface area contributed by atoms with Crippen molar-refractivity contribution in [2.45, 2.75) is 39.7 Å². The van der Waals surface area contributed by atoms with Gasteiger partial charge in [-0.2, -0.15) is 5.10 Å². The zero-order valence-corrected chi connectivity index (χ0v) is 13.2. The summed E-state index contributed by atoms with van der Waals surface area (Å²) < 4.78 is 1.69. The lowest BCUT2D eigenvalue weighted by molar-refractivity contribution is 0.0695. The van der Waals surface area contributed by atoms with Crippen LogP contribution in [0.15, 0.2) is 6.07 Å². The monoisotopic (exact) mass is 315 g/mol. The Kier molecular flexibility index (Phi) is 5.85. The van der Waals surface area contributed by atoms with Crippen LogP contribution in [0, 0.1) is 0 Å². The van der Waals surface area contributed by atoms with Gasteiger partial charge < -0.3 is 4.90 Å². The zero-order valence-electron chi connectivity index (χ0n) is 11.6. The third-order valence-electron chi connectivity index (χ3n) is 2.93. The van der Waals surface area contributed by atoms with Gasteiger partial charge in [-0.25, -0.2) is 0 Å². The molecule has 0 aliphatic heterocycles. The van der Waals surface area contributed by atoms with E-state index in [0.717, 1.165) is 30.4 Å². The molecule has 1 heterocycles. The predicted octanol–water partition coefficient (Wildman–Crippen LogP) is 2.62. The summed E-state index contributed by atoms with van der Waals surface area (Å²) in [5, 5.41) is 5.24. The highest BCUT2D eigenvalue weighted by atomic mass is 79.9. The van der Waals surface area contributed by atoms with Gasteiger partial charge in [0.25, 0.3) is 5.91 Å². The fourth-order valence-corrected chi connectivity index (χ4v) is 2.12. The molecule has 0 saturated heterocycles. The third kappa shape index (κ3) is 3.57. The maximum atomic E-state index is 12.5. The number of halogens is 1. The molecule has 1 amide bonds. The third-order valence-corrected chi connectivity index (χ3v) is 3.49. The van der Waals surface area contributed by atoms with Crippen LogP contribution in [-0.2, 0) is 13.5 Å². The van der Waals surface area contributed by atoms with Gasteiger partial charge in [-0.1, -0.05) is 22.9 Å². The molecule has 18 heavy (non-hydrogen) atoms. The van der Waals surface area contributed by atoms with Crippen LogP contribution < -0.4 is 0 Å². The Bertz CT molecular complexity index is 401. The smallest absolute Gasteiger partial charge is 0.272 e. The molecule has 0 saturated carbocycles. The van der Waals surface area contributed by atoms with E-state index in [1.807, 2.05) is 38.8 Å². The van der Waals surface area contributed by atoms with Gasteiger partial charge in [0.2, 0.25) is 0 Å². The molecule has 0 fully saturated rings. The van der Waals surface area contributed by atoms with E-state index in [1.165, 1.54) is 0 Å². The number of carbonyl (C=O) groups excluding carboxylic acids is 1. The van der Waals surface area contributed by atoms with Crippen molar-refractivity contribution in [3.63, 3.8) is 0 Å². The maximum absolute atomic E-state index is 12.5. The number of aryl methyl sites for hydroxylation is 2. The minimum absolute atomic E-state index is 0.0700. The molecule has 1 aromatic rings. The summed E-state index contributed by atoms with van der Waals surface area (Å²) in [7, 11) is 1.83. The fraction of sp³-hybridized carbons (Fsp3) is 0.692. The summed E-state index contributed by atoms with van der Waals surface area (Å²) in [5.41, 5.74) is 1.64. The SMILES string of the molecule is CCc1cc(C(=O)N(CCCBr)C(C)C)n(C)n1. The second-order valence-electron chi connectivity index (χ2n) is 4.63. The van der Waals surface area contributed by atoms with E-state index in [1.54, 1.807) is 4.68 Å². The lowest BCUT2D eigenvalue weighted by Gasteiger charge is -2.26. The molecule has 4 nitrogen and oxygen atoms in total. The maximum Gasteiger partial charge on any atom is 0.272 e. The molecule has 1 aromatic heterocycles. The largest absolute Gasteiger partial charge is 0.335 e. The summed E-state index contributed by atoms with van der Waals surface area (Å²) >= 11 is 3.41. The number of nitrogens with zero attached hydrogens (tertiary/aromatic N) is 3. The number of amides is 1. The van der Waals surface area contributed by atoms with E-state index in [0.29, 0.717) is 5.69 Å². The van der Waals surface area contributed by atoms with Crippen LogP contribution in [0.25, 0.3) is 0 Å². The van der Waals surface area contributed by atoms with Crippen LogP contribution in [-0.4, -0.2) is 38.5 Å². The number of hydrogen-bond donors (Lipinski definition) is 0. The summed E-state index contributed by atoms with van der Waals surface area (Å²) in [6, 6.07) is 2.10. The van der Waals surface area contributed by atoms with Crippen LogP contribution in [0.1, 0.15) is 43.4 Å². The summed E-state index contributed by atoms with van der Waals surface area (Å²) in [4.78, 5) is 14.4. The highest BCUT2D eigenvalue weighted by Gasteiger charge is 2.21. The molecule has 0 unspecified atom stereocenters. The van der Waals surface area contributed by atoms with Crippen LogP contribution in [0.4, 0.5) is 0 Å². The van der Waals surface area contributed by atoms with Crippen molar-refractivity contribution in [2.75, 3.05) is 11.9 Å². The van der Waals surface area contributed by atoms with E-state index in [9.17, 15) is 4.79 Å². The molecular formula is C13H22BrN3O. The molecule has 0 aromatic carbocycles. The summed E-state index contributed by atoms with van der Waals surface area (Å²) in [6.07, 6.45) is 1.81. The Labute approximate surface area is 117 Å². The second kappa shape index (κ2) is 6.92. The van der Waals surface area contributed by atoms with E-state index in [2.05, 4.69) is 21.0 Å². The average Bonchev–Trinajstić information content (AvgIpc) is 2.70. The second-order valence-corrected chi connectivity index (χ2v) is 5.43. The van der Waals surface area contributed by atoms with Gasteiger partial charge in [0.05, 0.1) is 5.69 Å². The Morgan fingerprint density at radius 3 is 2.67 bits per heavy atom. The van der Waals surface area contributed by atoms with E-state index in [4.69, 9.17) is 0 Å². The Morgan fingerprint density at radius 2 is 2.22 bits per heavy atom. The summed E-state index contributed by atoms with van der Waals surface area (Å²) in [5.74, 6) is 0.0700. The molecule has 102 valence electrons. The van der Waals surface area contributed by atoms with Gasteiger partial charge in [-0.05, 0) is 32.8 Å². The Balaban J connectivity index is 2.90. The van der Waals surface area contributed by atoms with Crippen molar-refractivity contribution < 1.29 is 4.79 Å². The average molecular weight is 316 g/mol. The lowest BCUT2D eigenvalue weighted by Crippen LogP contribution is -2.38. The highest BCUT2D eigenvalue weighted by Crippen LogP contribution is 2.11. The van der Waals surface area contributed by atoms with Gasteiger partial charge in [0.15, 0.2) is 0 Å². The lowest BCUT2D eigenvalue weighted by atomic mass is 10.2. The molecule has 0 aliphatic rings. The molecule has 0 radical (unpaired) electrons. The van der Waals surface area contributed by atoms with Crippen LogP contribution in [0.2, 0.25) is 0 Å². The Morgan fingerprint density at radius 1 is 1.56 bits per heavy atom. The number of hydrogen-bond acceptors (Lipinski definition) is 2. The summed E-state index contributed by atoms with van der Waals surface area (Å²) in [6.45, 7) is 6.91. The van der Waals surface area contributed by atoms with Gasteiger partial charge >= 0.3 is 0 Å². The topological polar surface area (TPSA) is 38.1 Å². The van der Waals surface area contributed by atoms with E-state index < -0.39 is 0 Å². The first kappa shape index (κ1) is 15.2. The molecule has 0 aliphatic carbocycles. The first-order valence-corrected chi connectivity index (χ1v) is 7.53. The molecule has 0 spiro atoms. The normalized spacial score (nSPS) is 11.0. The first-order chi connectivity index (χ1) is 8.51. The van der Waals surface area contributed by atoms with Crippen molar-refractivity contribution in [3.8, 4) is 0 Å². The number of alkyl halides is 1. The molecular weight excluding hydrogens is 294 g/mol. The first-order valence-electron chi connectivity index (χ1n) is 6.41. The number of aromatic nitrogens is 2. The van der Waals surface area contributed by atoms with Gasteiger partial charge in [0, 0.05) is 25.0 Å². The number of carbonyl (C=O) groups is 1. The minimum atomic E-state index is 0.0700. The molecule has 0 N–H and O–H groups in total. The van der Waals surface area contributed by atoms with Crippen molar-refractivity contribution >= 4 is 21.8 Å². The molecule has 0 bridgehead atoms. The number of rotatable bonds is 6. The molecule has 5 heteroatoms. The zero-order chi connectivity index (χ0) is 13.7. The van der Waals surface area contributed by atoms with Gasteiger partial charge in [0.1, 0.15) is 5.69 Å². The molecule has 0 atom stereocenters. The van der Waals surface area contributed by atoms with Crippen LogP contribution >= 0.6 is 15.9 Å². The standard InChI is InChI=1S/C13H22BrN3O/c1-5-11-9-12(16(4)15-11)13(18)17(10(2)3)8-6-7-14/h9-10H,5-8H2,1-4H3. The van der Waals surface area contributed by atoms with Crippen molar-refractivity contribution in [2.24, 2.45) is 7.05 Å². The van der Waals surface area contributed by atoms with Crippen LogP contribution in [0.5, 0.6) is 0 Å². The molecule has 1 rings (SSSR count). The van der Waals surface area contributed by atoms with E-state index in [-0.39, 0.29) is 11.9 Å². The predicted molar refractivity (Wildman–Crippen MR) is 77.2 cm³/mol. The highest BCUT2D eigenvalue weighted by molar-refractivity contribution is 9.09. The van der Waals surface area contributed by atoms with Gasteiger partial charge in [-0.15, -0.1) is 0 Å².